The molecule has 0 unspecified atom stereocenters. The molecule has 28 heavy (non-hydrogen) atoms. The second-order valence-electron chi connectivity index (χ2n) is 5.60. The molecule has 0 spiro atoms. The lowest BCUT2D eigenvalue weighted by Crippen LogP contribution is -2.17. The first-order chi connectivity index (χ1) is 13.5. The van der Waals surface area contributed by atoms with E-state index in [1.165, 1.54) is 18.9 Å². The minimum Gasteiger partial charge on any atom is -0.483 e. The lowest BCUT2D eigenvalue weighted by Gasteiger charge is -2.09. The van der Waals surface area contributed by atoms with Crippen molar-refractivity contribution in [3.05, 3.63) is 42.2 Å². The fourth-order valence-electron chi connectivity index (χ4n) is 2.51. The monoisotopic (exact) mass is 400 g/mol. The summed E-state index contributed by atoms with van der Waals surface area (Å²) < 4.78 is 4.83. The Labute approximate surface area is 166 Å². The highest BCUT2D eigenvalue weighted by molar-refractivity contribution is 7.98. The maximum Gasteiger partial charge on any atom is 0.290 e. The zero-order valence-electron chi connectivity index (χ0n) is 15.7. The second-order valence-corrected chi connectivity index (χ2v) is 6.37. The van der Waals surface area contributed by atoms with Crippen molar-refractivity contribution in [1.29, 1.82) is 0 Å². The van der Waals surface area contributed by atoms with Crippen molar-refractivity contribution in [3.63, 3.8) is 0 Å². The van der Waals surface area contributed by atoms with Gasteiger partial charge in [0, 0.05) is 36.1 Å². The van der Waals surface area contributed by atoms with Gasteiger partial charge in [0.05, 0.1) is 11.2 Å². The molecule has 0 saturated carbocycles. The van der Waals surface area contributed by atoms with E-state index in [9.17, 15) is 4.79 Å². The van der Waals surface area contributed by atoms with Crippen molar-refractivity contribution in [2.45, 2.75) is 12.1 Å². The largest absolute Gasteiger partial charge is 0.483 e. The molecule has 0 aliphatic carbocycles. The Morgan fingerprint density at radius 3 is 2.57 bits per heavy atom. The number of hydrogen-bond donors (Lipinski definition) is 2. The number of ether oxygens (including phenoxy) is 1. The van der Waals surface area contributed by atoms with Crippen LogP contribution >= 0.6 is 11.8 Å². The van der Waals surface area contributed by atoms with Gasteiger partial charge < -0.3 is 15.2 Å². The summed E-state index contributed by atoms with van der Waals surface area (Å²) in [5.74, 6) is -0.198. The van der Waals surface area contributed by atoms with E-state index < -0.39 is 0 Å². The topological polar surface area (TPSA) is 114 Å². The highest BCUT2D eigenvalue weighted by Gasteiger charge is 2.08. The molecule has 0 aliphatic rings. The molecular weight excluding hydrogens is 380 g/mol. The van der Waals surface area contributed by atoms with Crippen molar-refractivity contribution in [3.8, 4) is 11.3 Å². The van der Waals surface area contributed by atoms with Crippen molar-refractivity contribution in [2.75, 3.05) is 25.3 Å². The first kappa shape index (κ1) is 21.3. The molecule has 0 bridgehead atoms. The third-order valence-electron chi connectivity index (χ3n) is 3.68. The Morgan fingerprint density at radius 2 is 1.96 bits per heavy atom. The van der Waals surface area contributed by atoms with Gasteiger partial charge in [-0.05, 0) is 36.9 Å². The Bertz CT molecular complexity index is 964. The molecule has 1 amide bonds. The van der Waals surface area contributed by atoms with E-state index in [-0.39, 0.29) is 19.0 Å². The number of anilines is 1. The molecule has 2 aromatic heterocycles. The average Bonchev–Trinajstić information content (AvgIpc) is 2.68. The summed E-state index contributed by atoms with van der Waals surface area (Å²) in [5, 5.41) is 11.4. The van der Waals surface area contributed by atoms with Crippen molar-refractivity contribution in [1.82, 2.24) is 15.0 Å². The number of carbonyl (C=O) groups excluding carboxylic acids is 1. The van der Waals surface area contributed by atoms with E-state index in [0.717, 1.165) is 32.9 Å². The molecule has 0 fully saturated rings. The standard InChI is InChI=1S/C18H18N4O2S.CH2O2/c1-11-6-15(12-8-19-18(25-3)20-9-12)22-16-7-13(4-5-14(11)16)21-17(23)10-24-2;2-1-3/h4-9H,10H2,1-3H3,(H,21,23);1H,(H,2,3). The molecule has 1 aromatic carbocycles. The number of amides is 1. The van der Waals surface area contributed by atoms with Crippen LogP contribution in [0.5, 0.6) is 0 Å². The third kappa shape index (κ3) is 5.48. The number of nitrogens with one attached hydrogen (secondary N) is 1. The SMILES string of the molecule is COCC(=O)Nc1ccc2c(C)cc(-c3cnc(SC)nc3)nc2c1.O=CO. The number of benzene rings is 1. The van der Waals surface area contributed by atoms with Crippen LogP contribution in [0, 0.1) is 6.92 Å². The minimum absolute atomic E-state index is 0.0175. The second kappa shape index (κ2) is 10.3. The predicted molar refractivity (Wildman–Crippen MR) is 108 cm³/mol. The zero-order chi connectivity index (χ0) is 20.5. The Hall–Kier alpha value is -3.04. The summed E-state index contributed by atoms with van der Waals surface area (Å²) in [6.07, 6.45) is 5.49. The van der Waals surface area contributed by atoms with Gasteiger partial charge in [0.2, 0.25) is 5.91 Å². The normalized spacial score (nSPS) is 10.1. The van der Waals surface area contributed by atoms with E-state index in [1.54, 1.807) is 12.4 Å². The zero-order valence-corrected chi connectivity index (χ0v) is 16.5. The summed E-state index contributed by atoms with van der Waals surface area (Å²) in [4.78, 5) is 33.4. The highest BCUT2D eigenvalue weighted by Crippen LogP contribution is 2.26. The first-order valence-corrected chi connectivity index (χ1v) is 9.39. The molecule has 0 saturated heterocycles. The number of hydrogen-bond acceptors (Lipinski definition) is 7. The summed E-state index contributed by atoms with van der Waals surface area (Å²) in [5.41, 5.74) is 4.25. The van der Waals surface area contributed by atoms with E-state index in [4.69, 9.17) is 19.6 Å². The molecule has 3 aromatic rings. The highest BCUT2D eigenvalue weighted by atomic mass is 32.2. The number of aromatic nitrogens is 3. The molecule has 9 heteroatoms. The van der Waals surface area contributed by atoms with Crippen LogP contribution < -0.4 is 5.32 Å². The molecule has 2 heterocycles. The number of nitrogens with zero attached hydrogens (tertiary/aromatic N) is 3. The summed E-state index contributed by atoms with van der Waals surface area (Å²) in [6, 6.07) is 7.69. The Morgan fingerprint density at radius 1 is 1.29 bits per heavy atom. The van der Waals surface area contributed by atoms with Crippen LogP contribution in [0.25, 0.3) is 22.2 Å². The van der Waals surface area contributed by atoms with Gasteiger partial charge in [-0.2, -0.15) is 0 Å². The summed E-state index contributed by atoms with van der Waals surface area (Å²) in [6.45, 7) is 1.80. The van der Waals surface area contributed by atoms with E-state index >= 15 is 0 Å². The Kier molecular flexibility index (Phi) is 7.85. The van der Waals surface area contributed by atoms with Crippen molar-refractivity contribution < 1.29 is 19.4 Å². The van der Waals surface area contributed by atoms with Gasteiger partial charge in [0.15, 0.2) is 5.16 Å². The van der Waals surface area contributed by atoms with Crippen LogP contribution in [0.4, 0.5) is 5.69 Å². The number of fused-ring (bicyclic) bond motifs is 1. The summed E-state index contributed by atoms with van der Waals surface area (Å²) in [7, 11) is 1.49. The maximum absolute atomic E-state index is 11.7. The fraction of sp³-hybridized carbons (Fsp3) is 0.211. The van der Waals surface area contributed by atoms with Gasteiger partial charge >= 0.3 is 0 Å². The van der Waals surface area contributed by atoms with Gasteiger partial charge in [-0.3, -0.25) is 9.59 Å². The molecule has 0 atom stereocenters. The number of aryl methyl sites for hydroxylation is 1. The number of methoxy groups -OCH3 is 1. The number of rotatable bonds is 5. The molecule has 2 N–H and O–H groups in total. The molecule has 0 aliphatic heterocycles. The molecule has 3 rings (SSSR count). The minimum atomic E-state index is -0.250. The van der Waals surface area contributed by atoms with Gasteiger partial charge in [0.1, 0.15) is 6.61 Å². The maximum atomic E-state index is 11.7. The lowest BCUT2D eigenvalue weighted by atomic mass is 10.1. The van der Waals surface area contributed by atoms with Crippen LogP contribution in [0.1, 0.15) is 5.56 Å². The van der Waals surface area contributed by atoms with Crippen LogP contribution in [0.15, 0.2) is 41.8 Å². The van der Waals surface area contributed by atoms with Crippen LogP contribution in [-0.2, 0) is 14.3 Å². The fourth-order valence-corrected chi connectivity index (χ4v) is 2.83. The molecule has 8 nitrogen and oxygen atoms in total. The van der Waals surface area contributed by atoms with Gasteiger partial charge in [-0.1, -0.05) is 17.8 Å². The van der Waals surface area contributed by atoms with Gasteiger partial charge in [-0.25, -0.2) is 15.0 Å². The van der Waals surface area contributed by atoms with Crippen LogP contribution in [0.3, 0.4) is 0 Å². The van der Waals surface area contributed by atoms with Crippen LogP contribution in [0.2, 0.25) is 0 Å². The number of pyridine rings is 1. The molecule has 146 valence electrons. The number of carbonyl (C=O) groups is 2. The third-order valence-corrected chi connectivity index (χ3v) is 4.26. The molecule has 0 radical (unpaired) electrons. The van der Waals surface area contributed by atoms with E-state index in [2.05, 4.69) is 15.3 Å². The lowest BCUT2D eigenvalue weighted by molar-refractivity contribution is -0.123. The Balaban J connectivity index is 0.000000878. The van der Waals surface area contributed by atoms with E-state index in [1.807, 2.05) is 37.4 Å². The molecular formula is C19H20N4O4S. The predicted octanol–water partition coefficient (Wildman–Crippen LogP) is 3.01. The van der Waals surface area contributed by atoms with Crippen molar-refractivity contribution >= 4 is 40.7 Å². The number of thioether (sulfide) groups is 1. The van der Waals surface area contributed by atoms with Crippen molar-refractivity contribution in [2.24, 2.45) is 0 Å². The summed E-state index contributed by atoms with van der Waals surface area (Å²) >= 11 is 1.50. The van der Waals surface area contributed by atoms with Gasteiger partial charge in [-0.15, -0.1) is 0 Å². The quantitative estimate of drug-likeness (QED) is 0.382. The van der Waals surface area contributed by atoms with E-state index in [0.29, 0.717) is 5.69 Å². The van der Waals surface area contributed by atoms with Crippen LogP contribution in [-0.4, -0.2) is 52.4 Å². The average molecular weight is 400 g/mol. The van der Waals surface area contributed by atoms with Gasteiger partial charge in [0.25, 0.3) is 6.47 Å². The first-order valence-electron chi connectivity index (χ1n) is 8.16. The number of carboxylic acid groups (broad SMARTS) is 1. The smallest absolute Gasteiger partial charge is 0.290 e.